The molecule has 2 fully saturated rings. The van der Waals surface area contributed by atoms with Crippen molar-refractivity contribution in [1.29, 1.82) is 0 Å². The fourth-order valence-corrected chi connectivity index (χ4v) is 2.45. The van der Waals surface area contributed by atoms with E-state index in [9.17, 15) is 0 Å². The first-order valence-electron chi connectivity index (χ1n) is 6.41. The fraction of sp³-hybridized carbons (Fsp3) is 1.00. The van der Waals surface area contributed by atoms with Crippen molar-refractivity contribution in [2.75, 3.05) is 19.8 Å². The van der Waals surface area contributed by atoms with E-state index in [-0.39, 0.29) is 17.9 Å². The summed E-state index contributed by atoms with van der Waals surface area (Å²) in [5.41, 5.74) is 6.08. The van der Waals surface area contributed by atoms with Crippen molar-refractivity contribution in [3.05, 3.63) is 0 Å². The predicted octanol–water partition coefficient (Wildman–Crippen LogP) is 1.43. The molecule has 1 saturated carbocycles. The maximum Gasteiger partial charge on any atom is 0.171 e. The average Bonchev–Trinajstić information content (AvgIpc) is 2.73. The summed E-state index contributed by atoms with van der Waals surface area (Å²) in [6, 6.07) is 0.135. The zero-order chi connectivity index (χ0) is 11.4. The zero-order valence-electron chi connectivity index (χ0n) is 10.1. The number of rotatable bonds is 4. The largest absolute Gasteiger partial charge is 0.376 e. The molecule has 0 bridgehead atoms. The van der Waals surface area contributed by atoms with Crippen LogP contribution in [0.4, 0.5) is 0 Å². The van der Waals surface area contributed by atoms with Crippen LogP contribution in [0.5, 0.6) is 0 Å². The van der Waals surface area contributed by atoms with E-state index in [1.807, 2.05) is 0 Å². The van der Waals surface area contributed by atoms with Crippen molar-refractivity contribution in [1.82, 2.24) is 0 Å². The highest BCUT2D eigenvalue weighted by Crippen LogP contribution is 2.36. The zero-order valence-corrected chi connectivity index (χ0v) is 10.1. The standard InChI is InChI=1S/C12H23NO3/c1-2-3-6-14-11-9-12(5-4-10(11)13)15-7-8-16-12/h10-11H,2-9,13H2,1H3. The van der Waals surface area contributed by atoms with Crippen LogP contribution < -0.4 is 5.73 Å². The normalized spacial score (nSPS) is 33.4. The Hall–Kier alpha value is -0.160. The summed E-state index contributed by atoms with van der Waals surface area (Å²) in [5, 5.41) is 0. The molecule has 1 aliphatic heterocycles. The van der Waals surface area contributed by atoms with Crippen LogP contribution in [0.2, 0.25) is 0 Å². The molecule has 2 unspecified atom stereocenters. The Morgan fingerprint density at radius 1 is 1.38 bits per heavy atom. The molecule has 0 aromatic rings. The molecule has 1 aliphatic carbocycles. The molecule has 2 rings (SSSR count). The third-order valence-corrected chi connectivity index (χ3v) is 3.49. The SMILES string of the molecule is CCCCOC1CC2(CCC1N)OCCO2. The molecule has 0 aromatic heterocycles. The molecular weight excluding hydrogens is 206 g/mol. The highest BCUT2D eigenvalue weighted by Gasteiger charge is 2.44. The summed E-state index contributed by atoms with van der Waals surface area (Å²) in [6.45, 7) is 4.37. The van der Waals surface area contributed by atoms with Gasteiger partial charge in [-0.3, -0.25) is 0 Å². The maximum atomic E-state index is 6.08. The van der Waals surface area contributed by atoms with E-state index < -0.39 is 0 Å². The van der Waals surface area contributed by atoms with Crippen molar-refractivity contribution in [2.24, 2.45) is 5.73 Å². The minimum Gasteiger partial charge on any atom is -0.376 e. The minimum atomic E-state index is -0.382. The second kappa shape index (κ2) is 5.45. The Bertz CT molecular complexity index is 216. The number of nitrogens with two attached hydrogens (primary N) is 1. The highest BCUT2D eigenvalue weighted by molar-refractivity contribution is 4.90. The summed E-state index contributed by atoms with van der Waals surface area (Å²) in [6.07, 6.45) is 4.97. The fourth-order valence-electron chi connectivity index (χ4n) is 2.45. The Balaban J connectivity index is 1.84. The van der Waals surface area contributed by atoms with Crippen LogP contribution in [-0.2, 0) is 14.2 Å². The second-order valence-electron chi connectivity index (χ2n) is 4.78. The van der Waals surface area contributed by atoms with Gasteiger partial charge in [0.05, 0.1) is 19.3 Å². The highest BCUT2D eigenvalue weighted by atomic mass is 16.7. The summed E-state index contributed by atoms with van der Waals surface area (Å²) < 4.78 is 17.3. The second-order valence-corrected chi connectivity index (χ2v) is 4.78. The summed E-state index contributed by atoms with van der Waals surface area (Å²) in [5.74, 6) is -0.382. The molecule has 0 radical (unpaired) electrons. The van der Waals surface area contributed by atoms with E-state index in [1.165, 1.54) is 0 Å². The Kier molecular flexibility index (Phi) is 4.19. The molecule has 0 aromatic carbocycles. The van der Waals surface area contributed by atoms with E-state index in [2.05, 4.69) is 6.92 Å². The molecule has 2 N–H and O–H groups in total. The van der Waals surface area contributed by atoms with Gasteiger partial charge < -0.3 is 19.9 Å². The van der Waals surface area contributed by atoms with Gasteiger partial charge in [0.25, 0.3) is 0 Å². The third kappa shape index (κ3) is 2.74. The van der Waals surface area contributed by atoms with Gasteiger partial charge in [0.15, 0.2) is 5.79 Å². The Morgan fingerprint density at radius 2 is 2.12 bits per heavy atom. The lowest BCUT2D eigenvalue weighted by Crippen LogP contribution is -2.50. The van der Waals surface area contributed by atoms with Gasteiger partial charge in [-0.05, 0) is 12.8 Å². The van der Waals surface area contributed by atoms with Gasteiger partial charge in [-0.25, -0.2) is 0 Å². The number of unbranched alkanes of at least 4 members (excludes halogenated alkanes) is 1. The van der Waals surface area contributed by atoms with E-state index >= 15 is 0 Å². The smallest absolute Gasteiger partial charge is 0.171 e. The molecule has 1 heterocycles. The van der Waals surface area contributed by atoms with E-state index in [1.54, 1.807) is 0 Å². The van der Waals surface area contributed by atoms with Crippen LogP contribution in [-0.4, -0.2) is 37.8 Å². The van der Waals surface area contributed by atoms with Crippen molar-refractivity contribution in [3.63, 3.8) is 0 Å². The first kappa shape index (κ1) is 12.3. The Morgan fingerprint density at radius 3 is 2.81 bits per heavy atom. The molecule has 2 atom stereocenters. The lowest BCUT2D eigenvalue weighted by atomic mass is 9.88. The molecular formula is C12H23NO3. The van der Waals surface area contributed by atoms with Crippen molar-refractivity contribution < 1.29 is 14.2 Å². The quantitative estimate of drug-likeness (QED) is 0.741. The Labute approximate surface area is 97.4 Å². The first-order chi connectivity index (χ1) is 7.76. The van der Waals surface area contributed by atoms with E-state index in [0.717, 1.165) is 38.7 Å². The van der Waals surface area contributed by atoms with Gasteiger partial charge in [0.1, 0.15) is 0 Å². The number of ether oxygens (including phenoxy) is 3. The molecule has 16 heavy (non-hydrogen) atoms. The van der Waals surface area contributed by atoms with Crippen molar-refractivity contribution in [3.8, 4) is 0 Å². The van der Waals surface area contributed by atoms with Crippen LogP contribution in [0.25, 0.3) is 0 Å². The van der Waals surface area contributed by atoms with Crippen LogP contribution in [0, 0.1) is 0 Å². The lowest BCUT2D eigenvalue weighted by Gasteiger charge is -2.39. The first-order valence-corrected chi connectivity index (χ1v) is 6.41. The van der Waals surface area contributed by atoms with Gasteiger partial charge >= 0.3 is 0 Å². The van der Waals surface area contributed by atoms with Gasteiger partial charge in [-0.15, -0.1) is 0 Å². The molecule has 4 heteroatoms. The lowest BCUT2D eigenvalue weighted by molar-refractivity contribution is -0.204. The summed E-state index contributed by atoms with van der Waals surface area (Å²) >= 11 is 0. The predicted molar refractivity (Wildman–Crippen MR) is 61.1 cm³/mol. The molecule has 94 valence electrons. The topological polar surface area (TPSA) is 53.7 Å². The monoisotopic (exact) mass is 229 g/mol. The molecule has 0 amide bonds. The molecule has 1 saturated heterocycles. The van der Waals surface area contributed by atoms with Gasteiger partial charge in [-0.1, -0.05) is 13.3 Å². The van der Waals surface area contributed by atoms with Gasteiger partial charge in [-0.2, -0.15) is 0 Å². The van der Waals surface area contributed by atoms with Crippen LogP contribution >= 0.6 is 0 Å². The molecule has 4 nitrogen and oxygen atoms in total. The maximum absolute atomic E-state index is 6.08. The minimum absolute atomic E-state index is 0.0957. The van der Waals surface area contributed by atoms with Crippen LogP contribution in [0.15, 0.2) is 0 Å². The number of hydrogen-bond acceptors (Lipinski definition) is 4. The van der Waals surface area contributed by atoms with Crippen molar-refractivity contribution in [2.45, 2.75) is 57.0 Å². The van der Waals surface area contributed by atoms with E-state index in [4.69, 9.17) is 19.9 Å². The van der Waals surface area contributed by atoms with Gasteiger partial charge in [0, 0.05) is 25.5 Å². The average molecular weight is 229 g/mol. The van der Waals surface area contributed by atoms with Crippen LogP contribution in [0.3, 0.4) is 0 Å². The number of hydrogen-bond donors (Lipinski definition) is 1. The summed E-state index contributed by atoms with van der Waals surface area (Å²) in [4.78, 5) is 0. The third-order valence-electron chi connectivity index (χ3n) is 3.49. The van der Waals surface area contributed by atoms with Gasteiger partial charge in [0.2, 0.25) is 0 Å². The molecule has 2 aliphatic rings. The van der Waals surface area contributed by atoms with E-state index in [0.29, 0.717) is 13.2 Å². The van der Waals surface area contributed by atoms with Crippen LogP contribution in [0.1, 0.15) is 39.0 Å². The molecule has 1 spiro atoms. The van der Waals surface area contributed by atoms with Crippen molar-refractivity contribution >= 4 is 0 Å². The summed E-state index contributed by atoms with van der Waals surface area (Å²) in [7, 11) is 0.